The van der Waals surface area contributed by atoms with E-state index in [-0.39, 0.29) is 6.10 Å². The van der Waals surface area contributed by atoms with E-state index in [0.29, 0.717) is 5.92 Å². The quantitative estimate of drug-likeness (QED) is 0.615. The molecule has 9 heavy (non-hydrogen) atoms. The van der Waals surface area contributed by atoms with Crippen molar-refractivity contribution in [3.05, 3.63) is 6.92 Å². The molecule has 55 valence electrons. The zero-order chi connectivity index (χ0) is 7.28. The number of aliphatic hydroxyl groups is 1. The van der Waals surface area contributed by atoms with Crippen LogP contribution in [-0.4, -0.2) is 11.2 Å². The highest BCUT2D eigenvalue weighted by atomic mass is 16.3. The van der Waals surface area contributed by atoms with Crippen LogP contribution in [0.1, 0.15) is 33.1 Å². The Morgan fingerprint density at radius 3 is 2.33 bits per heavy atom. The van der Waals surface area contributed by atoms with E-state index < -0.39 is 0 Å². The molecule has 1 heteroatoms. The molecule has 0 saturated heterocycles. The van der Waals surface area contributed by atoms with E-state index in [9.17, 15) is 0 Å². The summed E-state index contributed by atoms with van der Waals surface area (Å²) in [5, 5.41) is 8.87. The van der Waals surface area contributed by atoms with Crippen molar-refractivity contribution in [1.82, 2.24) is 0 Å². The highest BCUT2D eigenvalue weighted by Crippen LogP contribution is 2.09. The Bertz CT molecular complexity index is 59.6. The molecule has 0 spiro atoms. The van der Waals surface area contributed by atoms with Gasteiger partial charge in [0, 0.05) is 0 Å². The van der Waals surface area contributed by atoms with Crippen molar-refractivity contribution in [2.75, 3.05) is 0 Å². The van der Waals surface area contributed by atoms with Crippen molar-refractivity contribution < 1.29 is 5.11 Å². The zero-order valence-electron chi connectivity index (χ0n) is 6.43. The van der Waals surface area contributed by atoms with Gasteiger partial charge in [-0.05, 0) is 25.7 Å². The standard InChI is InChI=1S/C8H17O/c1-4-7(2)5-6-8(3)9/h7-9H,2,4-6H2,1,3H3. The predicted octanol–water partition coefficient (Wildman–Crippen LogP) is 2.01. The lowest BCUT2D eigenvalue weighted by molar-refractivity contribution is 0.176. The first kappa shape index (κ1) is 8.96. The van der Waals surface area contributed by atoms with Crippen molar-refractivity contribution in [1.29, 1.82) is 0 Å². The molecule has 2 unspecified atom stereocenters. The van der Waals surface area contributed by atoms with Crippen molar-refractivity contribution in [2.45, 2.75) is 39.2 Å². The smallest absolute Gasteiger partial charge is 0.0512 e. The Morgan fingerprint density at radius 1 is 1.44 bits per heavy atom. The van der Waals surface area contributed by atoms with Crippen LogP contribution in [0, 0.1) is 12.8 Å². The van der Waals surface area contributed by atoms with Gasteiger partial charge in [-0.3, -0.25) is 0 Å². The summed E-state index contributed by atoms with van der Waals surface area (Å²) >= 11 is 0. The fourth-order valence-corrected chi connectivity index (χ4v) is 0.681. The average molecular weight is 129 g/mol. The first-order valence-electron chi connectivity index (χ1n) is 3.68. The van der Waals surface area contributed by atoms with Gasteiger partial charge >= 0.3 is 0 Å². The summed E-state index contributed by atoms with van der Waals surface area (Å²) in [5.74, 6) is 0.527. The Morgan fingerprint density at radius 2 is 2.00 bits per heavy atom. The number of rotatable bonds is 4. The Labute approximate surface area is 58.1 Å². The largest absolute Gasteiger partial charge is 0.393 e. The number of hydrogen-bond acceptors (Lipinski definition) is 1. The van der Waals surface area contributed by atoms with Gasteiger partial charge in [0.2, 0.25) is 0 Å². The van der Waals surface area contributed by atoms with Crippen LogP contribution >= 0.6 is 0 Å². The summed E-state index contributed by atoms with van der Waals surface area (Å²) in [4.78, 5) is 0. The molecule has 0 fully saturated rings. The first-order valence-corrected chi connectivity index (χ1v) is 3.68. The van der Waals surface area contributed by atoms with Crippen LogP contribution in [0.15, 0.2) is 0 Å². The second-order valence-corrected chi connectivity index (χ2v) is 2.70. The summed E-state index contributed by atoms with van der Waals surface area (Å²) < 4.78 is 0. The van der Waals surface area contributed by atoms with Crippen LogP contribution in [-0.2, 0) is 0 Å². The molecular weight excluding hydrogens is 112 g/mol. The molecular formula is C8H17O. The molecule has 1 radical (unpaired) electrons. The number of hydrogen-bond donors (Lipinski definition) is 1. The van der Waals surface area contributed by atoms with Gasteiger partial charge in [-0.2, -0.15) is 0 Å². The van der Waals surface area contributed by atoms with Crippen molar-refractivity contribution in [2.24, 2.45) is 5.92 Å². The third-order valence-electron chi connectivity index (χ3n) is 1.57. The molecule has 0 heterocycles. The van der Waals surface area contributed by atoms with E-state index in [1.165, 1.54) is 0 Å². The molecule has 0 bridgehead atoms. The Kier molecular flexibility index (Phi) is 4.78. The van der Waals surface area contributed by atoms with Crippen LogP contribution in [0.4, 0.5) is 0 Å². The van der Waals surface area contributed by atoms with Crippen LogP contribution in [0.3, 0.4) is 0 Å². The monoisotopic (exact) mass is 129 g/mol. The predicted molar refractivity (Wildman–Crippen MR) is 40.1 cm³/mol. The van der Waals surface area contributed by atoms with E-state index in [2.05, 4.69) is 13.8 Å². The molecule has 0 aliphatic heterocycles. The summed E-state index contributed by atoms with van der Waals surface area (Å²) in [7, 11) is 0. The second-order valence-electron chi connectivity index (χ2n) is 2.70. The lowest BCUT2D eigenvalue weighted by Gasteiger charge is -2.08. The van der Waals surface area contributed by atoms with E-state index in [4.69, 9.17) is 5.11 Å². The lowest BCUT2D eigenvalue weighted by Crippen LogP contribution is -2.02. The van der Waals surface area contributed by atoms with Crippen LogP contribution in [0.5, 0.6) is 0 Å². The molecule has 0 aromatic carbocycles. The molecule has 0 aromatic rings. The Hall–Kier alpha value is -0.0400. The molecule has 0 aliphatic carbocycles. The van der Waals surface area contributed by atoms with Crippen LogP contribution in [0.25, 0.3) is 0 Å². The van der Waals surface area contributed by atoms with Crippen molar-refractivity contribution >= 4 is 0 Å². The highest BCUT2D eigenvalue weighted by Gasteiger charge is 2.00. The molecule has 0 saturated carbocycles. The molecule has 1 N–H and O–H groups in total. The summed E-state index contributed by atoms with van der Waals surface area (Å²) in [6, 6.07) is 0. The maximum absolute atomic E-state index is 8.87. The first-order chi connectivity index (χ1) is 4.16. The third kappa shape index (κ3) is 5.84. The SMILES string of the molecule is [CH2]C(CC)CCC(C)O. The minimum absolute atomic E-state index is 0.152. The molecule has 0 amide bonds. The maximum Gasteiger partial charge on any atom is 0.0512 e. The van der Waals surface area contributed by atoms with Gasteiger partial charge < -0.3 is 5.11 Å². The van der Waals surface area contributed by atoms with Crippen LogP contribution < -0.4 is 0 Å². The highest BCUT2D eigenvalue weighted by molar-refractivity contribution is 4.60. The summed E-state index contributed by atoms with van der Waals surface area (Å²) in [6.07, 6.45) is 2.91. The van der Waals surface area contributed by atoms with Crippen molar-refractivity contribution in [3.8, 4) is 0 Å². The molecule has 0 aromatic heterocycles. The minimum Gasteiger partial charge on any atom is -0.393 e. The zero-order valence-corrected chi connectivity index (χ0v) is 6.43. The van der Waals surface area contributed by atoms with Gasteiger partial charge in [0.05, 0.1) is 6.10 Å². The summed E-state index contributed by atoms with van der Waals surface area (Å²) in [5.41, 5.74) is 0. The van der Waals surface area contributed by atoms with Gasteiger partial charge in [0.25, 0.3) is 0 Å². The second kappa shape index (κ2) is 4.80. The van der Waals surface area contributed by atoms with Gasteiger partial charge in [-0.25, -0.2) is 0 Å². The van der Waals surface area contributed by atoms with Gasteiger partial charge in [0.15, 0.2) is 0 Å². The molecule has 0 aliphatic rings. The summed E-state index contributed by atoms with van der Waals surface area (Å²) in [6.45, 7) is 7.86. The van der Waals surface area contributed by atoms with E-state index in [1.807, 2.05) is 6.92 Å². The van der Waals surface area contributed by atoms with E-state index in [0.717, 1.165) is 19.3 Å². The lowest BCUT2D eigenvalue weighted by atomic mass is 10.0. The average Bonchev–Trinajstić information content (AvgIpc) is 1.83. The van der Waals surface area contributed by atoms with E-state index in [1.54, 1.807) is 0 Å². The molecule has 1 nitrogen and oxygen atoms in total. The van der Waals surface area contributed by atoms with Crippen molar-refractivity contribution in [3.63, 3.8) is 0 Å². The maximum atomic E-state index is 8.87. The Balaban J connectivity index is 3.06. The molecule has 0 rings (SSSR count). The van der Waals surface area contributed by atoms with Gasteiger partial charge in [-0.15, -0.1) is 0 Å². The topological polar surface area (TPSA) is 20.2 Å². The molecule has 2 atom stereocenters. The van der Waals surface area contributed by atoms with Crippen LogP contribution in [0.2, 0.25) is 0 Å². The van der Waals surface area contributed by atoms with Gasteiger partial charge in [0.1, 0.15) is 0 Å². The third-order valence-corrected chi connectivity index (χ3v) is 1.57. The minimum atomic E-state index is -0.152. The van der Waals surface area contributed by atoms with E-state index >= 15 is 0 Å². The number of aliphatic hydroxyl groups excluding tert-OH is 1. The normalized spacial score (nSPS) is 17.3. The fourth-order valence-electron chi connectivity index (χ4n) is 0.681. The van der Waals surface area contributed by atoms with Gasteiger partial charge in [-0.1, -0.05) is 20.3 Å². The fraction of sp³-hybridized carbons (Fsp3) is 0.875.